The van der Waals surface area contributed by atoms with E-state index in [4.69, 9.17) is 5.11 Å². The van der Waals surface area contributed by atoms with Crippen LogP contribution in [0.2, 0.25) is 0 Å². The maximum atomic E-state index is 12.0. The third-order valence-electron chi connectivity index (χ3n) is 4.19. The SMILES string of the molecule is O=C(O)C1CC(=O)N(c2ccc(-c3nc4ccccc4s3)cc2)C1. The predicted molar refractivity (Wildman–Crippen MR) is 93.2 cm³/mol. The number of carbonyl (C=O) groups excluding carboxylic acids is 1. The number of hydrogen-bond donors (Lipinski definition) is 1. The van der Waals surface area contributed by atoms with Crippen molar-refractivity contribution < 1.29 is 14.7 Å². The van der Waals surface area contributed by atoms with Crippen LogP contribution in [0, 0.1) is 5.92 Å². The van der Waals surface area contributed by atoms with Crippen LogP contribution in [0.3, 0.4) is 0 Å². The summed E-state index contributed by atoms with van der Waals surface area (Å²) in [7, 11) is 0. The lowest BCUT2D eigenvalue weighted by Crippen LogP contribution is -2.25. The molecule has 1 atom stereocenters. The van der Waals surface area contributed by atoms with E-state index in [-0.39, 0.29) is 18.9 Å². The van der Waals surface area contributed by atoms with Crippen molar-refractivity contribution in [2.45, 2.75) is 6.42 Å². The average molecular weight is 338 g/mol. The fourth-order valence-corrected chi connectivity index (χ4v) is 3.87. The molecule has 5 nitrogen and oxygen atoms in total. The predicted octanol–water partition coefficient (Wildman–Crippen LogP) is 3.40. The summed E-state index contributed by atoms with van der Waals surface area (Å²) in [4.78, 5) is 29.2. The van der Waals surface area contributed by atoms with Gasteiger partial charge in [0.1, 0.15) is 5.01 Å². The summed E-state index contributed by atoms with van der Waals surface area (Å²) in [6, 6.07) is 15.5. The van der Waals surface area contributed by atoms with Crippen molar-refractivity contribution >= 4 is 39.1 Å². The van der Waals surface area contributed by atoms with E-state index in [9.17, 15) is 9.59 Å². The molecule has 2 aromatic carbocycles. The number of anilines is 1. The van der Waals surface area contributed by atoms with Crippen LogP contribution in [-0.2, 0) is 9.59 Å². The van der Waals surface area contributed by atoms with Crippen LogP contribution in [-0.4, -0.2) is 28.5 Å². The minimum atomic E-state index is -0.919. The number of hydrogen-bond acceptors (Lipinski definition) is 4. The number of carboxylic acid groups (broad SMARTS) is 1. The van der Waals surface area contributed by atoms with Crippen LogP contribution in [0.15, 0.2) is 48.5 Å². The van der Waals surface area contributed by atoms with E-state index < -0.39 is 11.9 Å². The molecule has 0 aliphatic carbocycles. The summed E-state index contributed by atoms with van der Waals surface area (Å²) in [5.41, 5.74) is 2.69. The van der Waals surface area contributed by atoms with E-state index in [1.165, 1.54) is 0 Å². The monoisotopic (exact) mass is 338 g/mol. The lowest BCUT2D eigenvalue weighted by Gasteiger charge is -2.16. The summed E-state index contributed by atoms with van der Waals surface area (Å²) < 4.78 is 1.13. The van der Waals surface area contributed by atoms with Crippen LogP contribution >= 0.6 is 11.3 Å². The molecule has 6 heteroatoms. The first-order valence-electron chi connectivity index (χ1n) is 7.61. The Labute approximate surface area is 142 Å². The van der Waals surface area contributed by atoms with Crippen molar-refractivity contribution in [3.05, 3.63) is 48.5 Å². The lowest BCUT2D eigenvalue weighted by atomic mass is 10.1. The third-order valence-corrected chi connectivity index (χ3v) is 5.28. The zero-order chi connectivity index (χ0) is 16.7. The van der Waals surface area contributed by atoms with Crippen LogP contribution in [0.25, 0.3) is 20.8 Å². The third kappa shape index (κ3) is 2.55. The zero-order valence-corrected chi connectivity index (χ0v) is 13.5. The fourth-order valence-electron chi connectivity index (χ4n) is 2.90. The molecule has 1 fully saturated rings. The molecule has 0 bridgehead atoms. The number of nitrogens with zero attached hydrogens (tertiary/aromatic N) is 2. The van der Waals surface area contributed by atoms with Gasteiger partial charge in [0.05, 0.1) is 16.1 Å². The number of benzene rings is 2. The number of thiazole rings is 1. The molecule has 2 heterocycles. The minimum absolute atomic E-state index is 0.0644. The van der Waals surface area contributed by atoms with Crippen molar-refractivity contribution in [3.63, 3.8) is 0 Å². The van der Waals surface area contributed by atoms with Gasteiger partial charge in [-0.3, -0.25) is 9.59 Å². The van der Waals surface area contributed by atoms with Gasteiger partial charge in [-0.2, -0.15) is 0 Å². The lowest BCUT2D eigenvalue weighted by molar-refractivity contribution is -0.141. The first-order chi connectivity index (χ1) is 11.6. The Morgan fingerprint density at radius 1 is 1.17 bits per heavy atom. The van der Waals surface area contributed by atoms with Crippen molar-refractivity contribution in [1.29, 1.82) is 0 Å². The van der Waals surface area contributed by atoms with Gasteiger partial charge in [-0.15, -0.1) is 11.3 Å². The highest BCUT2D eigenvalue weighted by Gasteiger charge is 2.34. The van der Waals surface area contributed by atoms with Gasteiger partial charge in [0, 0.05) is 24.2 Å². The summed E-state index contributed by atoms with van der Waals surface area (Å²) in [5, 5.41) is 10.0. The largest absolute Gasteiger partial charge is 0.481 e. The number of fused-ring (bicyclic) bond motifs is 1. The van der Waals surface area contributed by atoms with E-state index in [1.54, 1.807) is 16.2 Å². The Bertz CT molecular complexity index is 900. The molecule has 1 unspecified atom stereocenters. The second-order valence-electron chi connectivity index (χ2n) is 5.78. The van der Waals surface area contributed by atoms with Crippen LogP contribution in [0.4, 0.5) is 5.69 Å². The average Bonchev–Trinajstić information content (AvgIpc) is 3.18. The molecule has 1 aromatic heterocycles. The fraction of sp³-hybridized carbons (Fsp3) is 0.167. The number of amides is 1. The van der Waals surface area contributed by atoms with E-state index in [0.29, 0.717) is 0 Å². The minimum Gasteiger partial charge on any atom is -0.481 e. The van der Waals surface area contributed by atoms with Gasteiger partial charge in [0.2, 0.25) is 5.91 Å². The maximum absolute atomic E-state index is 12.0. The van der Waals surface area contributed by atoms with Gasteiger partial charge in [-0.25, -0.2) is 4.98 Å². The Kier molecular flexibility index (Phi) is 3.54. The molecule has 0 radical (unpaired) electrons. The van der Waals surface area contributed by atoms with Crippen LogP contribution in [0.5, 0.6) is 0 Å². The Morgan fingerprint density at radius 3 is 2.58 bits per heavy atom. The molecule has 4 rings (SSSR count). The maximum Gasteiger partial charge on any atom is 0.308 e. The Balaban J connectivity index is 1.61. The quantitative estimate of drug-likeness (QED) is 0.794. The van der Waals surface area contributed by atoms with E-state index in [2.05, 4.69) is 4.98 Å². The number of carboxylic acids is 1. The molecule has 0 saturated carbocycles. The van der Waals surface area contributed by atoms with Gasteiger partial charge in [-0.05, 0) is 36.4 Å². The van der Waals surface area contributed by atoms with E-state index >= 15 is 0 Å². The first-order valence-corrected chi connectivity index (χ1v) is 8.42. The van der Waals surface area contributed by atoms with Gasteiger partial charge >= 0.3 is 5.97 Å². The van der Waals surface area contributed by atoms with Gasteiger partial charge < -0.3 is 10.0 Å². The Hall–Kier alpha value is -2.73. The van der Waals surface area contributed by atoms with Crippen molar-refractivity contribution in [2.75, 3.05) is 11.4 Å². The summed E-state index contributed by atoms with van der Waals surface area (Å²) in [6.07, 6.45) is 0.0644. The molecule has 120 valence electrons. The Morgan fingerprint density at radius 2 is 1.92 bits per heavy atom. The summed E-state index contributed by atoms with van der Waals surface area (Å²) >= 11 is 1.62. The number of rotatable bonds is 3. The molecule has 1 aliphatic heterocycles. The highest BCUT2D eigenvalue weighted by molar-refractivity contribution is 7.21. The summed E-state index contributed by atoms with van der Waals surface area (Å²) in [6.45, 7) is 0.231. The number of aliphatic carboxylic acids is 1. The van der Waals surface area contributed by atoms with Crippen LogP contribution in [0.1, 0.15) is 6.42 Å². The molecule has 0 spiro atoms. The number of para-hydroxylation sites is 1. The van der Waals surface area contributed by atoms with Crippen molar-refractivity contribution in [2.24, 2.45) is 5.92 Å². The molecule has 24 heavy (non-hydrogen) atoms. The second-order valence-corrected chi connectivity index (χ2v) is 6.81. The smallest absolute Gasteiger partial charge is 0.308 e. The molecule has 3 aromatic rings. The molecular formula is C18H14N2O3S. The van der Waals surface area contributed by atoms with Gasteiger partial charge in [0.25, 0.3) is 0 Å². The number of aromatic nitrogens is 1. The standard InChI is InChI=1S/C18H14N2O3S/c21-16-9-12(18(22)23)10-20(16)13-7-5-11(6-8-13)17-19-14-3-1-2-4-15(14)24-17/h1-8,12H,9-10H2,(H,22,23). The normalized spacial score (nSPS) is 17.6. The molecule has 1 aliphatic rings. The molecular weight excluding hydrogens is 324 g/mol. The topological polar surface area (TPSA) is 70.5 Å². The highest BCUT2D eigenvalue weighted by Crippen LogP contribution is 2.32. The number of carbonyl (C=O) groups is 2. The molecule has 1 N–H and O–H groups in total. The van der Waals surface area contributed by atoms with Gasteiger partial charge in [-0.1, -0.05) is 12.1 Å². The zero-order valence-electron chi connectivity index (χ0n) is 12.7. The first kappa shape index (κ1) is 14.8. The van der Waals surface area contributed by atoms with E-state index in [0.717, 1.165) is 26.5 Å². The molecule has 1 amide bonds. The summed E-state index contributed by atoms with van der Waals surface area (Å²) in [5.74, 6) is -1.69. The van der Waals surface area contributed by atoms with Gasteiger partial charge in [0.15, 0.2) is 0 Å². The van der Waals surface area contributed by atoms with E-state index in [1.807, 2.05) is 48.5 Å². The van der Waals surface area contributed by atoms with Crippen molar-refractivity contribution in [3.8, 4) is 10.6 Å². The van der Waals surface area contributed by atoms with Crippen LogP contribution < -0.4 is 4.90 Å². The highest BCUT2D eigenvalue weighted by atomic mass is 32.1. The molecule has 1 saturated heterocycles. The van der Waals surface area contributed by atoms with Crippen molar-refractivity contribution in [1.82, 2.24) is 4.98 Å². The second kappa shape index (κ2) is 5.72.